The molecule has 0 saturated heterocycles. The van der Waals surface area contributed by atoms with E-state index >= 15 is 0 Å². The zero-order valence-electron chi connectivity index (χ0n) is 12.0. The van der Waals surface area contributed by atoms with Crippen LogP contribution in [-0.4, -0.2) is 15.0 Å². The number of fused-ring (bicyclic) bond motifs is 1. The van der Waals surface area contributed by atoms with Crippen molar-refractivity contribution in [2.75, 3.05) is 10.8 Å². The number of hydrogen-bond acceptors (Lipinski definition) is 2. The number of rotatable bonds is 2. The first-order valence-corrected chi connectivity index (χ1v) is 9.21. The predicted molar refractivity (Wildman–Crippen MR) is 88.1 cm³/mol. The van der Waals surface area contributed by atoms with Crippen molar-refractivity contribution in [3.8, 4) is 0 Å². The van der Waals surface area contributed by atoms with Gasteiger partial charge in [0.05, 0.1) is 5.69 Å². The monoisotopic (exact) mass is 383 g/mol. The lowest BCUT2D eigenvalue weighted by molar-refractivity contribution is 0.560. The van der Waals surface area contributed by atoms with Crippen LogP contribution in [0.5, 0.6) is 0 Å². The molecule has 116 valence electrons. The van der Waals surface area contributed by atoms with E-state index in [0.717, 1.165) is 24.0 Å². The quantitative estimate of drug-likeness (QED) is 0.784. The molecule has 0 amide bonds. The van der Waals surface area contributed by atoms with Gasteiger partial charge in [0.1, 0.15) is 10.7 Å². The molecule has 3 nitrogen and oxygen atoms in total. The average molecular weight is 384 g/mol. The van der Waals surface area contributed by atoms with E-state index in [0.29, 0.717) is 16.7 Å². The van der Waals surface area contributed by atoms with Crippen molar-refractivity contribution >= 4 is 31.6 Å². The molecule has 2 aromatic rings. The van der Waals surface area contributed by atoms with E-state index in [-0.39, 0.29) is 4.90 Å². The molecule has 0 fully saturated rings. The number of para-hydroxylation sites is 1. The highest BCUT2D eigenvalue weighted by molar-refractivity contribution is 9.10. The molecule has 1 aliphatic rings. The van der Waals surface area contributed by atoms with Crippen molar-refractivity contribution in [1.82, 2.24) is 0 Å². The molecule has 0 spiro atoms. The van der Waals surface area contributed by atoms with Crippen LogP contribution < -0.4 is 4.31 Å². The van der Waals surface area contributed by atoms with E-state index in [4.69, 9.17) is 0 Å². The topological polar surface area (TPSA) is 37.4 Å². The van der Waals surface area contributed by atoms with Crippen molar-refractivity contribution < 1.29 is 12.8 Å². The number of halogens is 2. The van der Waals surface area contributed by atoms with Crippen LogP contribution in [0, 0.1) is 12.7 Å². The lowest BCUT2D eigenvalue weighted by Crippen LogP contribution is -2.36. The summed E-state index contributed by atoms with van der Waals surface area (Å²) in [6, 6.07) is 9.70. The largest absolute Gasteiger partial charge is 0.267 e. The minimum Gasteiger partial charge on any atom is -0.266 e. The summed E-state index contributed by atoms with van der Waals surface area (Å²) in [6.45, 7) is 2.25. The van der Waals surface area contributed by atoms with Gasteiger partial charge in [0, 0.05) is 11.0 Å². The molecule has 0 unspecified atom stereocenters. The molecule has 1 aliphatic heterocycles. The molecule has 22 heavy (non-hydrogen) atoms. The fourth-order valence-corrected chi connectivity index (χ4v) is 5.05. The number of benzene rings is 2. The van der Waals surface area contributed by atoms with Gasteiger partial charge in [-0.2, -0.15) is 0 Å². The Kier molecular flexibility index (Phi) is 3.99. The first-order chi connectivity index (χ1) is 10.4. The second-order valence-corrected chi connectivity index (χ2v) is 8.08. The van der Waals surface area contributed by atoms with E-state index in [1.165, 1.54) is 22.5 Å². The molecule has 0 bridgehead atoms. The predicted octanol–water partition coefficient (Wildman–Crippen LogP) is 4.04. The summed E-state index contributed by atoms with van der Waals surface area (Å²) in [5.41, 5.74) is 2.56. The second kappa shape index (κ2) is 5.66. The van der Waals surface area contributed by atoms with E-state index in [1.807, 2.05) is 25.1 Å². The second-order valence-electron chi connectivity index (χ2n) is 5.34. The molecular weight excluding hydrogens is 369 g/mol. The number of nitrogens with zero attached hydrogens (tertiary/aromatic N) is 1. The normalized spacial score (nSPS) is 14.8. The van der Waals surface area contributed by atoms with Crippen LogP contribution in [0.25, 0.3) is 0 Å². The minimum atomic E-state index is -3.92. The summed E-state index contributed by atoms with van der Waals surface area (Å²) in [5.74, 6) is -0.732. The van der Waals surface area contributed by atoms with Crippen molar-refractivity contribution in [2.45, 2.75) is 24.7 Å². The molecule has 0 aromatic heterocycles. The Morgan fingerprint density at radius 1 is 1.23 bits per heavy atom. The number of sulfonamides is 1. The van der Waals surface area contributed by atoms with Gasteiger partial charge >= 0.3 is 0 Å². The van der Waals surface area contributed by atoms with Crippen molar-refractivity contribution in [2.24, 2.45) is 0 Å². The first-order valence-electron chi connectivity index (χ1n) is 6.97. The number of hydrogen-bond donors (Lipinski definition) is 0. The van der Waals surface area contributed by atoms with Gasteiger partial charge < -0.3 is 0 Å². The molecule has 3 rings (SSSR count). The SMILES string of the molecule is Cc1cccc2c1N(S(=O)(=O)c1cc(Br)ccc1F)CCC2. The lowest BCUT2D eigenvalue weighted by Gasteiger charge is -2.32. The zero-order chi connectivity index (χ0) is 15.9. The molecule has 6 heteroatoms. The van der Waals surface area contributed by atoms with Crippen LogP contribution in [0.3, 0.4) is 0 Å². The summed E-state index contributed by atoms with van der Waals surface area (Å²) in [6.07, 6.45) is 1.56. The third-order valence-corrected chi connectivity index (χ3v) is 6.15. The minimum absolute atomic E-state index is 0.294. The summed E-state index contributed by atoms with van der Waals surface area (Å²) in [7, 11) is -3.92. The first kappa shape index (κ1) is 15.5. The zero-order valence-corrected chi connectivity index (χ0v) is 14.4. The van der Waals surface area contributed by atoms with Crippen LogP contribution in [0.1, 0.15) is 17.5 Å². The maximum Gasteiger partial charge on any atom is 0.267 e. The van der Waals surface area contributed by atoms with Gasteiger partial charge in [-0.15, -0.1) is 0 Å². The maximum absolute atomic E-state index is 14.1. The fourth-order valence-electron chi connectivity index (χ4n) is 2.84. The summed E-state index contributed by atoms with van der Waals surface area (Å²) < 4.78 is 41.8. The number of aryl methyl sites for hydroxylation is 2. The van der Waals surface area contributed by atoms with Gasteiger partial charge in [0.2, 0.25) is 0 Å². The highest BCUT2D eigenvalue weighted by Crippen LogP contribution is 2.35. The van der Waals surface area contributed by atoms with Gasteiger partial charge in [-0.05, 0) is 49.1 Å². The summed E-state index contributed by atoms with van der Waals surface area (Å²) >= 11 is 3.21. The molecular formula is C16H15BrFNO2S. The van der Waals surface area contributed by atoms with E-state index in [9.17, 15) is 12.8 Å². The smallest absolute Gasteiger partial charge is 0.266 e. The van der Waals surface area contributed by atoms with Gasteiger partial charge in [-0.25, -0.2) is 12.8 Å². The molecule has 0 saturated carbocycles. The van der Waals surface area contributed by atoms with Crippen LogP contribution in [-0.2, 0) is 16.4 Å². The summed E-state index contributed by atoms with van der Waals surface area (Å²) in [5, 5.41) is 0. The van der Waals surface area contributed by atoms with Crippen LogP contribution in [0.4, 0.5) is 10.1 Å². The molecule has 0 atom stereocenters. The van der Waals surface area contributed by atoms with Gasteiger partial charge in [-0.1, -0.05) is 34.1 Å². The molecule has 2 aromatic carbocycles. The molecule has 0 aliphatic carbocycles. The number of anilines is 1. The highest BCUT2D eigenvalue weighted by Gasteiger charge is 2.32. The third-order valence-electron chi connectivity index (χ3n) is 3.84. The summed E-state index contributed by atoms with van der Waals surface area (Å²) in [4.78, 5) is -0.294. The van der Waals surface area contributed by atoms with Gasteiger partial charge in [-0.3, -0.25) is 4.31 Å². The van der Waals surface area contributed by atoms with Crippen LogP contribution in [0.2, 0.25) is 0 Å². The van der Waals surface area contributed by atoms with E-state index in [2.05, 4.69) is 15.9 Å². The maximum atomic E-state index is 14.1. The van der Waals surface area contributed by atoms with E-state index < -0.39 is 15.8 Å². The van der Waals surface area contributed by atoms with Gasteiger partial charge in [0.25, 0.3) is 10.0 Å². The Morgan fingerprint density at radius 2 is 2.00 bits per heavy atom. The van der Waals surface area contributed by atoms with Crippen LogP contribution in [0.15, 0.2) is 45.8 Å². The third kappa shape index (κ3) is 2.54. The van der Waals surface area contributed by atoms with Crippen molar-refractivity contribution in [3.63, 3.8) is 0 Å². The lowest BCUT2D eigenvalue weighted by atomic mass is 10.0. The average Bonchev–Trinajstić information content (AvgIpc) is 2.49. The Labute approximate surface area is 137 Å². The fraction of sp³-hybridized carbons (Fsp3) is 0.250. The van der Waals surface area contributed by atoms with E-state index in [1.54, 1.807) is 0 Å². The highest BCUT2D eigenvalue weighted by atomic mass is 79.9. The Hall–Kier alpha value is -1.40. The standard InChI is InChI=1S/C16H15BrFNO2S/c1-11-4-2-5-12-6-3-9-19(16(11)12)22(20,21)15-10-13(17)7-8-14(15)18/h2,4-5,7-8,10H,3,6,9H2,1H3. The molecule has 0 radical (unpaired) electrons. The molecule has 1 heterocycles. The van der Waals surface area contributed by atoms with Crippen LogP contribution >= 0.6 is 15.9 Å². The Morgan fingerprint density at radius 3 is 2.77 bits per heavy atom. The van der Waals surface area contributed by atoms with Crippen molar-refractivity contribution in [3.05, 3.63) is 57.8 Å². The Balaban J connectivity index is 2.18. The molecule has 0 N–H and O–H groups in total. The Bertz CT molecular complexity index is 836. The van der Waals surface area contributed by atoms with Crippen molar-refractivity contribution in [1.29, 1.82) is 0 Å². The van der Waals surface area contributed by atoms with Gasteiger partial charge in [0.15, 0.2) is 0 Å².